The summed E-state index contributed by atoms with van der Waals surface area (Å²) in [4.78, 5) is 28.9. The molecule has 1 aliphatic heterocycles. The molecular weight excluding hydrogens is 411 g/mol. The Morgan fingerprint density at radius 1 is 1.07 bits per heavy atom. The van der Waals surface area contributed by atoms with Crippen LogP contribution in [0.2, 0.25) is 10.0 Å². The summed E-state index contributed by atoms with van der Waals surface area (Å²) in [7, 11) is 0. The van der Waals surface area contributed by atoms with Gasteiger partial charge in [-0.2, -0.15) is 0 Å². The van der Waals surface area contributed by atoms with Gasteiger partial charge in [-0.05, 0) is 45.4 Å². The predicted octanol–water partition coefficient (Wildman–Crippen LogP) is 5.83. The van der Waals surface area contributed by atoms with E-state index in [1.807, 2.05) is 42.2 Å². The first-order chi connectivity index (χ1) is 13.6. The number of benzene rings is 2. The molecular formula is C22H24Cl2N2O3. The van der Waals surface area contributed by atoms with Gasteiger partial charge in [0.05, 0.1) is 6.54 Å². The number of imide groups is 1. The standard InChI is InChI=1S/C22H24Cl2N2O3/c1-14(15-9-6-5-7-10-15)25-13-18(27)26(21(28)29-22(2,3)4)20(25)19-16(23)11-8-12-17(19)24/h5-12,14,20H,13H2,1-4H3/t14-,20-/m1/s1. The number of carbonyl (C=O) groups excluding carboxylic acids is 2. The lowest BCUT2D eigenvalue weighted by atomic mass is 10.0. The van der Waals surface area contributed by atoms with Gasteiger partial charge in [-0.25, -0.2) is 9.69 Å². The van der Waals surface area contributed by atoms with Crippen molar-refractivity contribution < 1.29 is 14.3 Å². The Morgan fingerprint density at radius 2 is 1.66 bits per heavy atom. The van der Waals surface area contributed by atoms with E-state index in [2.05, 4.69) is 0 Å². The van der Waals surface area contributed by atoms with Crippen molar-refractivity contribution in [3.63, 3.8) is 0 Å². The summed E-state index contributed by atoms with van der Waals surface area (Å²) in [5.74, 6) is -0.358. The van der Waals surface area contributed by atoms with Gasteiger partial charge in [-0.3, -0.25) is 9.69 Å². The predicted molar refractivity (Wildman–Crippen MR) is 114 cm³/mol. The lowest BCUT2D eigenvalue weighted by Gasteiger charge is -2.34. The molecule has 0 unspecified atom stereocenters. The minimum Gasteiger partial charge on any atom is -0.443 e. The van der Waals surface area contributed by atoms with E-state index >= 15 is 0 Å². The van der Waals surface area contributed by atoms with Gasteiger partial charge in [-0.1, -0.05) is 59.6 Å². The fourth-order valence-corrected chi connectivity index (χ4v) is 4.03. The fourth-order valence-electron chi connectivity index (χ4n) is 3.44. The summed E-state index contributed by atoms with van der Waals surface area (Å²) in [5.41, 5.74) is 0.778. The van der Waals surface area contributed by atoms with Gasteiger partial charge < -0.3 is 4.74 Å². The Morgan fingerprint density at radius 3 is 2.21 bits per heavy atom. The van der Waals surface area contributed by atoms with E-state index in [4.69, 9.17) is 27.9 Å². The van der Waals surface area contributed by atoms with Crippen LogP contribution in [-0.2, 0) is 9.53 Å². The molecule has 29 heavy (non-hydrogen) atoms. The zero-order valence-corrected chi connectivity index (χ0v) is 18.4. The molecule has 0 saturated carbocycles. The Kier molecular flexibility index (Phi) is 6.22. The van der Waals surface area contributed by atoms with Crippen LogP contribution >= 0.6 is 23.2 Å². The molecule has 3 rings (SSSR count). The summed E-state index contributed by atoms with van der Waals surface area (Å²) in [6.07, 6.45) is -1.49. The van der Waals surface area contributed by atoms with E-state index in [1.54, 1.807) is 39.0 Å². The van der Waals surface area contributed by atoms with Gasteiger partial charge in [-0.15, -0.1) is 0 Å². The van der Waals surface area contributed by atoms with Crippen molar-refractivity contribution in [3.05, 3.63) is 69.7 Å². The topological polar surface area (TPSA) is 49.9 Å². The van der Waals surface area contributed by atoms with E-state index < -0.39 is 17.9 Å². The number of rotatable bonds is 3. The molecule has 0 bridgehead atoms. The van der Waals surface area contributed by atoms with Gasteiger partial charge in [0.25, 0.3) is 0 Å². The smallest absolute Gasteiger partial charge is 0.418 e. The molecule has 0 spiro atoms. The monoisotopic (exact) mass is 434 g/mol. The van der Waals surface area contributed by atoms with Crippen molar-refractivity contribution in [1.29, 1.82) is 0 Å². The maximum absolute atomic E-state index is 13.0. The molecule has 1 heterocycles. The van der Waals surface area contributed by atoms with Crippen molar-refractivity contribution in [2.24, 2.45) is 0 Å². The van der Waals surface area contributed by atoms with Gasteiger partial charge in [0.15, 0.2) is 0 Å². The quantitative estimate of drug-likeness (QED) is 0.609. The molecule has 1 fully saturated rings. The first-order valence-electron chi connectivity index (χ1n) is 9.40. The molecule has 0 aromatic heterocycles. The second kappa shape index (κ2) is 8.34. The Hall–Kier alpha value is -2.08. The number of hydrogen-bond acceptors (Lipinski definition) is 4. The number of ether oxygens (including phenoxy) is 1. The van der Waals surface area contributed by atoms with Gasteiger partial charge in [0.2, 0.25) is 5.91 Å². The van der Waals surface area contributed by atoms with Crippen LogP contribution in [0.3, 0.4) is 0 Å². The number of amides is 2. The van der Waals surface area contributed by atoms with Crippen LogP contribution in [0.4, 0.5) is 4.79 Å². The molecule has 5 nitrogen and oxygen atoms in total. The summed E-state index contributed by atoms with van der Waals surface area (Å²) in [5, 5.41) is 0.770. The highest BCUT2D eigenvalue weighted by molar-refractivity contribution is 6.36. The van der Waals surface area contributed by atoms with E-state index in [1.165, 1.54) is 0 Å². The third-order valence-electron chi connectivity index (χ3n) is 4.77. The van der Waals surface area contributed by atoms with E-state index in [0.717, 1.165) is 10.5 Å². The number of hydrogen-bond donors (Lipinski definition) is 0. The third kappa shape index (κ3) is 4.58. The third-order valence-corrected chi connectivity index (χ3v) is 5.43. The highest BCUT2D eigenvalue weighted by atomic mass is 35.5. The van der Waals surface area contributed by atoms with Crippen molar-refractivity contribution in [2.45, 2.75) is 45.5 Å². The molecule has 7 heteroatoms. The van der Waals surface area contributed by atoms with Crippen LogP contribution in [0.15, 0.2) is 48.5 Å². The normalized spacial score (nSPS) is 18.8. The van der Waals surface area contributed by atoms with Gasteiger partial charge in [0.1, 0.15) is 11.8 Å². The summed E-state index contributed by atoms with van der Waals surface area (Å²) in [6, 6.07) is 14.7. The minimum absolute atomic E-state index is 0.0432. The Balaban J connectivity index is 2.09. The van der Waals surface area contributed by atoms with Gasteiger partial charge in [0, 0.05) is 21.7 Å². The Labute approximate surface area is 181 Å². The molecule has 0 radical (unpaired) electrons. The average Bonchev–Trinajstić information content (AvgIpc) is 2.97. The highest BCUT2D eigenvalue weighted by Gasteiger charge is 2.47. The molecule has 2 amide bonds. The Bertz CT molecular complexity index is 892. The number of nitrogens with zero attached hydrogens (tertiary/aromatic N) is 2. The van der Waals surface area contributed by atoms with Crippen molar-refractivity contribution in [1.82, 2.24) is 9.80 Å². The molecule has 2 aromatic carbocycles. The van der Waals surface area contributed by atoms with Crippen LogP contribution in [0.25, 0.3) is 0 Å². The highest BCUT2D eigenvalue weighted by Crippen LogP contribution is 2.43. The van der Waals surface area contributed by atoms with Crippen LogP contribution in [-0.4, -0.2) is 33.9 Å². The SMILES string of the molecule is C[C@H](c1ccccc1)N1CC(=O)N(C(=O)OC(C)(C)C)[C@@H]1c1c(Cl)cccc1Cl. The summed E-state index contributed by atoms with van der Waals surface area (Å²) in [6.45, 7) is 7.30. The zero-order valence-electron chi connectivity index (χ0n) is 16.9. The van der Waals surface area contributed by atoms with Crippen molar-refractivity contribution >= 4 is 35.2 Å². The summed E-state index contributed by atoms with van der Waals surface area (Å²) < 4.78 is 5.51. The maximum atomic E-state index is 13.0. The second-order valence-electron chi connectivity index (χ2n) is 8.01. The van der Waals surface area contributed by atoms with Gasteiger partial charge >= 0.3 is 6.09 Å². The average molecular weight is 435 g/mol. The van der Waals surface area contributed by atoms with Crippen molar-refractivity contribution in [2.75, 3.05) is 6.54 Å². The molecule has 0 N–H and O–H groups in total. The largest absolute Gasteiger partial charge is 0.443 e. The minimum atomic E-state index is -0.770. The summed E-state index contributed by atoms with van der Waals surface area (Å²) >= 11 is 13.0. The molecule has 0 aliphatic carbocycles. The molecule has 154 valence electrons. The number of carbonyl (C=O) groups is 2. The lowest BCUT2D eigenvalue weighted by molar-refractivity contribution is -0.127. The molecule has 1 saturated heterocycles. The second-order valence-corrected chi connectivity index (χ2v) is 8.83. The van der Waals surface area contributed by atoms with Crippen LogP contribution in [0, 0.1) is 0 Å². The van der Waals surface area contributed by atoms with Crippen molar-refractivity contribution in [3.8, 4) is 0 Å². The van der Waals surface area contributed by atoms with E-state index in [0.29, 0.717) is 15.6 Å². The lowest BCUT2D eigenvalue weighted by Crippen LogP contribution is -2.41. The van der Waals surface area contributed by atoms with Crippen LogP contribution < -0.4 is 0 Å². The molecule has 2 atom stereocenters. The maximum Gasteiger partial charge on any atom is 0.418 e. The van der Waals surface area contributed by atoms with Crippen LogP contribution in [0.1, 0.15) is 51.0 Å². The van der Waals surface area contributed by atoms with E-state index in [9.17, 15) is 9.59 Å². The molecule has 1 aliphatic rings. The molecule has 2 aromatic rings. The zero-order chi connectivity index (χ0) is 21.3. The first kappa shape index (κ1) is 21.6. The van der Waals surface area contributed by atoms with E-state index in [-0.39, 0.29) is 18.5 Å². The fraction of sp³-hybridized carbons (Fsp3) is 0.364. The van der Waals surface area contributed by atoms with Crippen LogP contribution in [0.5, 0.6) is 0 Å². The first-order valence-corrected chi connectivity index (χ1v) is 10.2. The number of halogens is 2.